The first-order valence-corrected chi connectivity index (χ1v) is 8.20. The van der Waals surface area contributed by atoms with Crippen molar-refractivity contribution in [3.63, 3.8) is 0 Å². The summed E-state index contributed by atoms with van der Waals surface area (Å²) in [5, 5.41) is 3.92. The summed E-state index contributed by atoms with van der Waals surface area (Å²) in [6, 6.07) is 11.5. The number of ether oxygens (including phenoxy) is 1. The fraction of sp³-hybridized carbons (Fsp3) is 0.158. The topological polar surface area (TPSA) is 73.1 Å². The molecule has 0 aliphatic rings. The van der Waals surface area contributed by atoms with E-state index < -0.39 is 0 Å². The normalized spacial score (nSPS) is 10.6. The van der Waals surface area contributed by atoms with Gasteiger partial charge in [0.25, 0.3) is 0 Å². The Morgan fingerprint density at radius 3 is 2.52 bits per heavy atom. The zero-order valence-electron chi connectivity index (χ0n) is 14.3. The van der Waals surface area contributed by atoms with Gasteiger partial charge in [0.05, 0.1) is 0 Å². The number of hydrogen-bond acceptors (Lipinski definition) is 5. The summed E-state index contributed by atoms with van der Waals surface area (Å²) in [5.74, 6) is 1.41. The zero-order valence-corrected chi connectivity index (χ0v) is 15.1. The number of nitrogen functional groups attached to an aromatic ring is 1. The lowest BCUT2D eigenvalue weighted by atomic mass is 10.1. The predicted octanol–water partition coefficient (Wildman–Crippen LogP) is 5.17. The van der Waals surface area contributed by atoms with Gasteiger partial charge in [-0.15, -0.1) is 0 Å². The van der Waals surface area contributed by atoms with Gasteiger partial charge in [-0.1, -0.05) is 29.3 Å². The van der Waals surface area contributed by atoms with E-state index in [1.165, 1.54) is 11.9 Å². The summed E-state index contributed by atoms with van der Waals surface area (Å²) in [5.41, 5.74) is 10.7. The fourth-order valence-electron chi connectivity index (χ4n) is 2.43. The molecule has 0 aliphatic carbocycles. The van der Waals surface area contributed by atoms with Crippen molar-refractivity contribution in [2.75, 3.05) is 11.1 Å². The Kier molecular flexibility index (Phi) is 4.76. The predicted molar refractivity (Wildman–Crippen MR) is 102 cm³/mol. The van der Waals surface area contributed by atoms with Gasteiger partial charge in [-0.3, -0.25) is 0 Å². The molecule has 0 radical (unpaired) electrons. The van der Waals surface area contributed by atoms with Gasteiger partial charge in [-0.2, -0.15) is 4.98 Å². The smallest absolute Gasteiger partial charge is 0.248 e. The van der Waals surface area contributed by atoms with Gasteiger partial charge < -0.3 is 15.8 Å². The third kappa shape index (κ3) is 3.83. The molecule has 2 aromatic carbocycles. The van der Waals surface area contributed by atoms with Crippen molar-refractivity contribution in [3.05, 3.63) is 64.4 Å². The average molecular weight is 355 g/mol. The molecule has 25 heavy (non-hydrogen) atoms. The van der Waals surface area contributed by atoms with Crippen LogP contribution < -0.4 is 15.8 Å². The first kappa shape index (κ1) is 17.0. The van der Waals surface area contributed by atoms with Gasteiger partial charge in [0.15, 0.2) is 5.82 Å². The molecule has 1 heterocycles. The van der Waals surface area contributed by atoms with Crippen molar-refractivity contribution in [2.24, 2.45) is 0 Å². The molecule has 0 amide bonds. The Morgan fingerprint density at radius 2 is 1.80 bits per heavy atom. The molecule has 0 bridgehead atoms. The van der Waals surface area contributed by atoms with Crippen LogP contribution in [-0.4, -0.2) is 9.97 Å². The highest BCUT2D eigenvalue weighted by Gasteiger charge is 2.12. The third-order valence-electron chi connectivity index (χ3n) is 3.83. The van der Waals surface area contributed by atoms with Gasteiger partial charge >= 0.3 is 0 Å². The lowest BCUT2D eigenvalue weighted by molar-refractivity contribution is 0.464. The number of anilines is 3. The highest BCUT2D eigenvalue weighted by molar-refractivity contribution is 6.31. The van der Waals surface area contributed by atoms with E-state index >= 15 is 0 Å². The summed E-state index contributed by atoms with van der Waals surface area (Å²) in [7, 11) is 0. The fourth-order valence-corrected chi connectivity index (χ4v) is 2.55. The van der Waals surface area contributed by atoms with Crippen molar-refractivity contribution in [1.29, 1.82) is 0 Å². The molecule has 1 aromatic heterocycles. The number of benzene rings is 2. The highest BCUT2D eigenvalue weighted by atomic mass is 35.5. The van der Waals surface area contributed by atoms with Crippen LogP contribution in [0, 0.1) is 20.8 Å². The molecule has 0 aliphatic heterocycles. The van der Waals surface area contributed by atoms with Crippen LogP contribution in [0.15, 0.2) is 42.7 Å². The molecule has 0 unspecified atom stereocenters. The Labute approximate surface area is 151 Å². The molecule has 3 aromatic rings. The lowest BCUT2D eigenvalue weighted by Crippen LogP contribution is -2.04. The van der Waals surface area contributed by atoms with Gasteiger partial charge in [0.2, 0.25) is 5.88 Å². The number of nitrogens with two attached hydrogens (primary N) is 1. The average Bonchev–Trinajstić information content (AvgIpc) is 2.57. The maximum Gasteiger partial charge on any atom is 0.248 e. The van der Waals surface area contributed by atoms with Crippen LogP contribution in [-0.2, 0) is 0 Å². The number of aromatic nitrogens is 2. The minimum atomic E-state index is 0.295. The second-order valence-corrected chi connectivity index (χ2v) is 6.30. The molecule has 0 saturated heterocycles. The first-order chi connectivity index (χ1) is 11.9. The maximum atomic E-state index is 6.19. The van der Waals surface area contributed by atoms with Crippen molar-refractivity contribution < 1.29 is 4.74 Å². The number of hydrogen-bond donors (Lipinski definition) is 2. The van der Waals surface area contributed by atoms with E-state index in [-0.39, 0.29) is 0 Å². The molecule has 0 saturated carbocycles. The summed E-state index contributed by atoms with van der Waals surface area (Å²) in [6.07, 6.45) is 1.42. The standard InChI is InChI=1S/C19H19ClN4O/c1-11-4-7-16(13(3)8-11)24-18-17(21)19(23-10-22-18)25-14-5-6-15(20)12(2)9-14/h4-10H,21H2,1-3H3,(H,22,23,24). The second kappa shape index (κ2) is 6.99. The molecular weight excluding hydrogens is 336 g/mol. The SMILES string of the molecule is Cc1ccc(Nc2ncnc(Oc3ccc(Cl)c(C)c3)c2N)c(C)c1. The zero-order chi connectivity index (χ0) is 18.0. The molecule has 0 spiro atoms. The molecule has 5 nitrogen and oxygen atoms in total. The summed E-state index contributed by atoms with van der Waals surface area (Å²) in [4.78, 5) is 8.36. The Balaban J connectivity index is 1.87. The summed E-state index contributed by atoms with van der Waals surface area (Å²) in [6.45, 7) is 5.99. The van der Waals surface area contributed by atoms with E-state index in [1.54, 1.807) is 12.1 Å². The van der Waals surface area contributed by atoms with E-state index in [1.807, 2.05) is 32.0 Å². The minimum Gasteiger partial charge on any atom is -0.437 e. The van der Waals surface area contributed by atoms with Crippen LogP contribution in [0.5, 0.6) is 11.6 Å². The lowest BCUT2D eigenvalue weighted by Gasteiger charge is -2.14. The molecule has 3 N–H and O–H groups in total. The molecule has 6 heteroatoms. The van der Waals surface area contributed by atoms with Gasteiger partial charge in [0.1, 0.15) is 17.8 Å². The van der Waals surface area contributed by atoms with Crippen molar-refractivity contribution >= 4 is 28.8 Å². The Hall–Kier alpha value is -2.79. The van der Waals surface area contributed by atoms with Crippen LogP contribution in [0.4, 0.5) is 17.2 Å². The van der Waals surface area contributed by atoms with E-state index in [0.29, 0.717) is 28.2 Å². The van der Waals surface area contributed by atoms with E-state index in [0.717, 1.165) is 16.8 Å². The third-order valence-corrected chi connectivity index (χ3v) is 4.25. The number of aryl methyl sites for hydroxylation is 3. The first-order valence-electron chi connectivity index (χ1n) is 7.83. The maximum absolute atomic E-state index is 6.19. The van der Waals surface area contributed by atoms with Crippen LogP contribution in [0.3, 0.4) is 0 Å². The summed E-state index contributed by atoms with van der Waals surface area (Å²) < 4.78 is 5.80. The molecule has 0 atom stereocenters. The van der Waals surface area contributed by atoms with Crippen LogP contribution in [0.2, 0.25) is 5.02 Å². The number of halogens is 1. The van der Waals surface area contributed by atoms with Crippen molar-refractivity contribution in [2.45, 2.75) is 20.8 Å². The van der Waals surface area contributed by atoms with E-state index in [2.05, 4.69) is 28.3 Å². The largest absolute Gasteiger partial charge is 0.437 e. The summed E-state index contributed by atoms with van der Waals surface area (Å²) >= 11 is 6.04. The highest BCUT2D eigenvalue weighted by Crippen LogP contribution is 2.32. The van der Waals surface area contributed by atoms with Gasteiger partial charge in [0, 0.05) is 10.7 Å². The van der Waals surface area contributed by atoms with Crippen molar-refractivity contribution in [3.8, 4) is 11.6 Å². The molecule has 128 valence electrons. The monoisotopic (exact) mass is 354 g/mol. The molecule has 3 rings (SSSR count). The van der Waals surface area contributed by atoms with E-state index in [9.17, 15) is 0 Å². The second-order valence-electron chi connectivity index (χ2n) is 5.90. The molecule has 0 fully saturated rings. The number of nitrogens with one attached hydrogen (secondary N) is 1. The van der Waals surface area contributed by atoms with E-state index in [4.69, 9.17) is 22.1 Å². The number of nitrogens with zero attached hydrogens (tertiary/aromatic N) is 2. The van der Waals surface area contributed by atoms with Gasteiger partial charge in [-0.25, -0.2) is 4.98 Å². The van der Waals surface area contributed by atoms with Crippen LogP contribution in [0.1, 0.15) is 16.7 Å². The van der Waals surface area contributed by atoms with Gasteiger partial charge in [-0.05, 0) is 56.2 Å². The Bertz CT molecular complexity index is 927. The Morgan fingerprint density at radius 1 is 1.00 bits per heavy atom. The van der Waals surface area contributed by atoms with Crippen LogP contribution in [0.25, 0.3) is 0 Å². The van der Waals surface area contributed by atoms with Crippen molar-refractivity contribution in [1.82, 2.24) is 9.97 Å². The molecular formula is C19H19ClN4O. The van der Waals surface area contributed by atoms with Crippen LogP contribution >= 0.6 is 11.6 Å². The minimum absolute atomic E-state index is 0.295. The quantitative estimate of drug-likeness (QED) is 0.675. The number of rotatable bonds is 4.